The average molecular weight is 276 g/mol. The number of likely N-dealkylation sites (N-methyl/N-ethyl adjacent to an activating group) is 1. The Morgan fingerprint density at radius 3 is 2.90 bits per heavy atom. The smallest absolute Gasteiger partial charge is 0.231 e. The number of hydrogen-bond acceptors (Lipinski definition) is 4. The fraction of sp³-hybridized carbons (Fsp3) is 0.533. The molecule has 2 atom stereocenters. The molecule has 0 aliphatic carbocycles. The zero-order valence-electron chi connectivity index (χ0n) is 11.9. The van der Waals surface area contributed by atoms with Gasteiger partial charge in [-0.05, 0) is 30.7 Å². The van der Waals surface area contributed by atoms with Gasteiger partial charge < -0.3 is 19.7 Å². The van der Waals surface area contributed by atoms with E-state index in [1.165, 1.54) is 0 Å². The van der Waals surface area contributed by atoms with Crippen molar-refractivity contribution in [2.45, 2.75) is 19.4 Å². The van der Waals surface area contributed by atoms with Gasteiger partial charge in [-0.25, -0.2) is 0 Å². The molecule has 1 fully saturated rings. The molecule has 1 aromatic rings. The lowest BCUT2D eigenvalue weighted by molar-refractivity contribution is -0.128. The highest BCUT2D eigenvalue weighted by Gasteiger charge is 2.28. The zero-order chi connectivity index (χ0) is 14.1. The first-order valence-corrected chi connectivity index (χ1v) is 7.02. The number of nitrogens with zero attached hydrogens (tertiary/aromatic N) is 1. The second-order valence-electron chi connectivity index (χ2n) is 5.56. The van der Waals surface area contributed by atoms with Gasteiger partial charge in [-0.3, -0.25) is 4.79 Å². The van der Waals surface area contributed by atoms with Crippen LogP contribution in [0.2, 0.25) is 0 Å². The first-order chi connectivity index (χ1) is 9.67. The van der Waals surface area contributed by atoms with E-state index in [2.05, 4.69) is 12.2 Å². The minimum atomic E-state index is 0.110. The van der Waals surface area contributed by atoms with Crippen LogP contribution in [-0.4, -0.2) is 37.7 Å². The topological polar surface area (TPSA) is 50.8 Å². The maximum atomic E-state index is 11.9. The van der Waals surface area contributed by atoms with E-state index in [-0.39, 0.29) is 18.7 Å². The monoisotopic (exact) mass is 276 g/mol. The van der Waals surface area contributed by atoms with Gasteiger partial charge in [-0.2, -0.15) is 0 Å². The Morgan fingerprint density at radius 1 is 1.40 bits per heavy atom. The lowest BCUT2D eigenvalue weighted by atomic mass is 10.1. The number of benzene rings is 1. The van der Waals surface area contributed by atoms with Gasteiger partial charge in [0.2, 0.25) is 12.7 Å². The lowest BCUT2D eigenvalue weighted by Gasteiger charge is -2.24. The summed E-state index contributed by atoms with van der Waals surface area (Å²) in [6, 6.07) is 6.06. The molecule has 3 rings (SSSR count). The number of nitrogens with one attached hydrogen (secondary N) is 1. The third kappa shape index (κ3) is 2.45. The van der Waals surface area contributed by atoms with Crippen LogP contribution >= 0.6 is 0 Å². The van der Waals surface area contributed by atoms with Crippen LogP contribution in [0.25, 0.3) is 0 Å². The predicted molar refractivity (Wildman–Crippen MR) is 74.7 cm³/mol. The summed E-state index contributed by atoms with van der Waals surface area (Å²) in [7, 11) is 1.92. The van der Waals surface area contributed by atoms with Gasteiger partial charge in [-0.15, -0.1) is 0 Å². The normalized spacial score (nSPS) is 22.4. The molecule has 1 amide bonds. The Labute approximate surface area is 118 Å². The van der Waals surface area contributed by atoms with E-state index >= 15 is 0 Å². The van der Waals surface area contributed by atoms with Gasteiger partial charge in [-0.1, -0.05) is 13.0 Å². The number of likely N-dealkylation sites (tertiary alicyclic amines) is 1. The fourth-order valence-electron chi connectivity index (χ4n) is 2.86. The van der Waals surface area contributed by atoms with Crippen molar-refractivity contribution >= 4 is 5.91 Å². The van der Waals surface area contributed by atoms with Crippen molar-refractivity contribution in [3.05, 3.63) is 23.8 Å². The molecule has 5 heteroatoms. The number of hydrogen-bond donors (Lipinski definition) is 1. The first-order valence-electron chi connectivity index (χ1n) is 7.02. The van der Waals surface area contributed by atoms with Gasteiger partial charge in [0.1, 0.15) is 0 Å². The molecule has 0 aromatic heterocycles. The number of rotatable bonds is 4. The van der Waals surface area contributed by atoms with Crippen molar-refractivity contribution in [3.8, 4) is 11.5 Å². The molecule has 20 heavy (non-hydrogen) atoms. The molecule has 1 N–H and O–H groups in total. The minimum Gasteiger partial charge on any atom is -0.454 e. The van der Waals surface area contributed by atoms with Crippen molar-refractivity contribution in [1.29, 1.82) is 0 Å². The van der Waals surface area contributed by atoms with Crippen LogP contribution in [0.4, 0.5) is 0 Å². The highest BCUT2D eigenvalue weighted by atomic mass is 16.7. The van der Waals surface area contributed by atoms with Crippen molar-refractivity contribution in [3.63, 3.8) is 0 Å². The molecule has 108 valence electrons. The van der Waals surface area contributed by atoms with E-state index in [0.717, 1.165) is 23.6 Å². The van der Waals surface area contributed by atoms with Crippen LogP contribution in [0.15, 0.2) is 18.2 Å². The Balaban J connectivity index is 1.75. The van der Waals surface area contributed by atoms with E-state index in [9.17, 15) is 4.79 Å². The van der Waals surface area contributed by atoms with Crippen LogP contribution in [0.1, 0.15) is 24.9 Å². The van der Waals surface area contributed by atoms with E-state index < -0.39 is 0 Å². The second kappa shape index (κ2) is 5.32. The molecule has 2 aliphatic rings. The zero-order valence-corrected chi connectivity index (χ0v) is 11.9. The molecule has 0 bridgehead atoms. The molecule has 2 aliphatic heterocycles. The molecular weight excluding hydrogens is 256 g/mol. The lowest BCUT2D eigenvalue weighted by Crippen LogP contribution is -2.34. The molecular formula is C15H20N2O3. The molecule has 0 spiro atoms. The van der Waals surface area contributed by atoms with Gasteiger partial charge in [0.25, 0.3) is 0 Å². The van der Waals surface area contributed by atoms with Gasteiger partial charge >= 0.3 is 0 Å². The molecule has 1 saturated heterocycles. The van der Waals surface area contributed by atoms with Gasteiger partial charge in [0.15, 0.2) is 11.5 Å². The number of ether oxygens (including phenoxy) is 2. The quantitative estimate of drug-likeness (QED) is 0.906. The fourth-order valence-corrected chi connectivity index (χ4v) is 2.86. The first kappa shape index (κ1) is 13.2. The Hall–Kier alpha value is -1.75. The summed E-state index contributed by atoms with van der Waals surface area (Å²) in [4.78, 5) is 13.8. The van der Waals surface area contributed by atoms with Gasteiger partial charge in [0.05, 0.1) is 0 Å². The standard InChI is InChI=1S/C15H20N2O3/c1-10-5-15(18)17(7-10)8-12(16-2)11-3-4-13-14(6-11)20-9-19-13/h3-4,6,10,12,16H,5,7-9H2,1-2H3. The Morgan fingerprint density at radius 2 is 2.20 bits per heavy atom. The van der Waals surface area contributed by atoms with Crippen LogP contribution < -0.4 is 14.8 Å². The molecule has 2 heterocycles. The van der Waals surface area contributed by atoms with E-state index in [0.29, 0.717) is 18.9 Å². The number of carbonyl (C=O) groups is 1. The van der Waals surface area contributed by atoms with Crippen LogP contribution in [-0.2, 0) is 4.79 Å². The molecule has 1 aromatic carbocycles. The third-order valence-electron chi connectivity index (χ3n) is 3.96. The Bertz CT molecular complexity index is 518. The maximum Gasteiger partial charge on any atom is 0.231 e. The number of fused-ring (bicyclic) bond motifs is 1. The Kier molecular flexibility index (Phi) is 3.53. The van der Waals surface area contributed by atoms with E-state index in [1.807, 2.05) is 30.1 Å². The summed E-state index contributed by atoms with van der Waals surface area (Å²) < 4.78 is 10.7. The second-order valence-corrected chi connectivity index (χ2v) is 5.56. The van der Waals surface area contributed by atoms with Crippen LogP contribution in [0.5, 0.6) is 11.5 Å². The summed E-state index contributed by atoms with van der Waals surface area (Å²) in [5, 5.41) is 3.28. The number of amides is 1. The largest absolute Gasteiger partial charge is 0.454 e. The summed E-state index contributed by atoms with van der Waals surface area (Å²) in [5.74, 6) is 2.27. The van der Waals surface area contributed by atoms with Crippen LogP contribution in [0.3, 0.4) is 0 Å². The highest BCUT2D eigenvalue weighted by Crippen LogP contribution is 2.34. The maximum absolute atomic E-state index is 11.9. The summed E-state index contributed by atoms with van der Waals surface area (Å²) >= 11 is 0. The van der Waals surface area contributed by atoms with E-state index in [1.54, 1.807) is 0 Å². The predicted octanol–water partition coefficient (Wildman–Crippen LogP) is 1.54. The highest BCUT2D eigenvalue weighted by molar-refractivity contribution is 5.78. The van der Waals surface area contributed by atoms with Crippen molar-refractivity contribution in [2.75, 3.05) is 26.9 Å². The number of carbonyl (C=O) groups excluding carboxylic acids is 1. The summed E-state index contributed by atoms with van der Waals surface area (Å²) in [5.41, 5.74) is 1.11. The summed E-state index contributed by atoms with van der Waals surface area (Å²) in [6.45, 7) is 3.94. The van der Waals surface area contributed by atoms with Crippen molar-refractivity contribution in [1.82, 2.24) is 10.2 Å². The SMILES string of the molecule is CNC(CN1CC(C)CC1=O)c1ccc2c(c1)OCO2. The van der Waals surface area contributed by atoms with Crippen LogP contribution in [0, 0.1) is 5.92 Å². The molecule has 0 radical (unpaired) electrons. The van der Waals surface area contributed by atoms with Gasteiger partial charge in [0, 0.05) is 25.6 Å². The molecule has 0 saturated carbocycles. The summed E-state index contributed by atoms with van der Waals surface area (Å²) in [6.07, 6.45) is 0.664. The van der Waals surface area contributed by atoms with E-state index in [4.69, 9.17) is 9.47 Å². The average Bonchev–Trinajstić information content (AvgIpc) is 3.01. The molecule has 2 unspecified atom stereocenters. The van der Waals surface area contributed by atoms with Crippen molar-refractivity contribution in [2.24, 2.45) is 5.92 Å². The minimum absolute atomic E-state index is 0.110. The van der Waals surface area contributed by atoms with Crippen molar-refractivity contribution < 1.29 is 14.3 Å². The third-order valence-corrected chi connectivity index (χ3v) is 3.96. The molecule has 5 nitrogen and oxygen atoms in total.